The fraction of sp³-hybridized carbons (Fsp3) is 0.300. The van der Waals surface area contributed by atoms with E-state index in [9.17, 15) is 9.59 Å². The molecule has 1 amide bonds. The number of benzene rings is 2. The van der Waals surface area contributed by atoms with Crippen LogP contribution in [0.5, 0.6) is 5.75 Å². The molecule has 6 nitrogen and oxygen atoms in total. The standard InChI is InChI=1S/C20H23NO5/c1-3-25-20(23)21-18(19(22)24-2)13-15-9-11-17(12-10-15)26-14-16-7-5-4-6-8-16/h4-12,18H,3,13-14H2,1-2H3,(H,21,23)/t18-/m0/s1. The van der Waals surface area contributed by atoms with Crippen molar-refractivity contribution in [3.63, 3.8) is 0 Å². The lowest BCUT2D eigenvalue weighted by Crippen LogP contribution is -2.43. The lowest BCUT2D eigenvalue weighted by atomic mass is 10.1. The second kappa shape index (κ2) is 10.1. The van der Waals surface area contributed by atoms with Crippen molar-refractivity contribution in [1.82, 2.24) is 5.32 Å². The fourth-order valence-corrected chi connectivity index (χ4v) is 2.35. The topological polar surface area (TPSA) is 73.9 Å². The zero-order valence-electron chi connectivity index (χ0n) is 14.9. The number of methoxy groups -OCH3 is 1. The molecule has 0 aliphatic heterocycles. The zero-order valence-corrected chi connectivity index (χ0v) is 14.9. The van der Waals surface area contributed by atoms with E-state index in [-0.39, 0.29) is 6.61 Å². The molecule has 0 saturated carbocycles. The number of amides is 1. The number of ether oxygens (including phenoxy) is 3. The maximum absolute atomic E-state index is 11.9. The highest BCUT2D eigenvalue weighted by Gasteiger charge is 2.22. The van der Waals surface area contributed by atoms with Crippen molar-refractivity contribution in [3.05, 3.63) is 65.7 Å². The SMILES string of the molecule is CCOC(=O)N[C@@H](Cc1ccc(OCc2ccccc2)cc1)C(=O)OC. The van der Waals surface area contributed by atoms with E-state index in [1.165, 1.54) is 7.11 Å². The first-order valence-corrected chi connectivity index (χ1v) is 8.39. The van der Waals surface area contributed by atoms with E-state index in [0.29, 0.717) is 13.0 Å². The van der Waals surface area contributed by atoms with Gasteiger partial charge < -0.3 is 19.5 Å². The number of rotatable bonds is 8. The Morgan fingerprint density at radius 3 is 2.31 bits per heavy atom. The van der Waals surface area contributed by atoms with Crippen LogP contribution < -0.4 is 10.1 Å². The van der Waals surface area contributed by atoms with Crippen LogP contribution in [0, 0.1) is 0 Å². The second-order valence-corrected chi connectivity index (χ2v) is 5.56. The zero-order chi connectivity index (χ0) is 18.8. The Bertz CT molecular complexity index is 700. The molecule has 0 fully saturated rings. The molecule has 2 aromatic rings. The third-order valence-corrected chi connectivity index (χ3v) is 3.66. The average molecular weight is 357 g/mol. The van der Waals surface area contributed by atoms with Gasteiger partial charge >= 0.3 is 12.1 Å². The molecule has 0 saturated heterocycles. The predicted octanol–water partition coefficient (Wildman–Crippen LogP) is 3.10. The van der Waals surface area contributed by atoms with E-state index >= 15 is 0 Å². The van der Waals surface area contributed by atoms with Gasteiger partial charge in [-0.15, -0.1) is 0 Å². The fourth-order valence-electron chi connectivity index (χ4n) is 2.35. The van der Waals surface area contributed by atoms with E-state index in [1.54, 1.807) is 6.92 Å². The Kier molecular flexibility index (Phi) is 7.49. The van der Waals surface area contributed by atoms with Crippen molar-refractivity contribution < 1.29 is 23.8 Å². The molecule has 6 heteroatoms. The van der Waals surface area contributed by atoms with Gasteiger partial charge in [-0.3, -0.25) is 0 Å². The first-order chi connectivity index (χ1) is 12.6. The summed E-state index contributed by atoms with van der Waals surface area (Å²) >= 11 is 0. The number of esters is 1. The van der Waals surface area contributed by atoms with Crippen molar-refractivity contribution in [3.8, 4) is 5.75 Å². The number of hydrogen-bond acceptors (Lipinski definition) is 5. The molecule has 0 spiro atoms. The van der Waals surface area contributed by atoms with Crippen molar-refractivity contribution >= 4 is 12.1 Å². The quantitative estimate of drug-likeness (QED) is 0.735. The number of alkyl carbamates (subject to hydrolysis) is 1. The summed E-state index contributed by atoms with van der Waals surface area (Å²) in [4.78, 5) is 23.4. The van der Waals surface area contributed by atoms with Crippen molar-refractivity contribution in [1.29, 1.82) is 0 Å². The molecular weight excluding hydrogens is 334 g/mol. The Labute approximate surface area is 153 Å². The highest BCUT2D eigenvalue weighted by molar-refractivity contribution is 5.81. The minimum Gasteiger partial charge on any atom is -0.489 e. The highest BCUT2D eigenvalue weighted by atomic mass is 16.6. The molecule has 1 N–H and O–H groups in total. The molecule has 0 aliphatic carbocycles. The summed E-state index contributed by atoms with van der Waals surface area (Å²) in [7, 11) is 1.28. The summed E-state index contributed by atoms with van der Waals surface area (Å²) in [5, 5.41) is 2.51. The van der Waals surface area contributed by atoms with Gasteiger partial charge in [0.1, 0.15) is 18.4 Å². The molecule has 1 atom stereocenters. The summed E-state index contributed by atoms with van der Waals surface area (Å²) < 4.78 is 15.3. The number of carbonyl (C=O) groups excluding carboxylic acids is 2. The van der Waals surface area contributed by atoms with Crippen molar-refractivity contribution in [2.75, 3.05) is 13.7 Å². The van der Waals surface area contributed by atoms with E-state index in [2.05, 4.69) is 5.32 Å². The minimum atomic E-state index is -0.810. The van der Waals surface area contributed by atoms with E-state index < -0.39 is 18.1 Å². The largest absolute Gasteiger partial charge is 0.489 e. The van der Waals surface area contributed by atoms with Crippen LogP contribution in [0.4, 0.5) is 4.79 Å². The van der Waals surface area contributed by atoms with Crippen molar-refractivity contribution in [2.24, 2.45) is 0 Å². The molecule has 0 bridgehead atoms. The molecule has 0 heterocycles. The van der Waals surface area contributed by atoms with Crippen LogP contribution in [-0.4, -0.2) is 31.8 Å². The van der Waals surface area contributed by atoms with Crippen LogP contribution in [0.3, 0.4) is 0 Å². The van der Waals surface area contributed by atoms with Gasteiger partial charge in [-0.05, 0) is 30.2 Å². The number of carbonyl (C=O) groups is 2. The lowest BCUT2D eigenvalue weighted by Gasteiger charge is -2.16. The first kappa shape index (κ1) is 19.3. The van der Waals surface area contributed by atoms with E-state index in [4.69, 9.17) is 14.2 Å². The van der Waals surface area contributed by atoms with Gasteiger partial charge in [0.05, 0.1) is 13.7 Å². The van der Waals surface area contributed by atoms with Crippen LogP contribution in [-0.2, 0) is 27.3 Å². The Balaban J connectivity index is 1.94. The Morgan fingerprint density at radius 2 is 1.69 bits per heavy atom. The number of hydrogen-bond donors (Lipinski definition) is 1. The highest BCUT2D eigenvalue weighted by Crippen LogP contribution is 2.15. The van der Waals surface area contributed by atoms with Crippen LogP contribution >= 0.6 is 0 Å². The third-order valence-electron chi connectivity index (χ3n) is 3.66. The third kappa shape index (κ3) is 6.12. The van der Waals surface area contributed by atoms with Gasteiger partial charge in [-0.1, -0.05) is 42.5 Å². The molecule has 0 aromatic heterocycles. The van der Waals surface area contributed by atoms with Gasteiger partial charge in [-0.25, -0.2) is 9.59 Å². The second-order valence-electron chi connectivity index (χ2n) is 5.56. The van der Waals surface area contributed by atoms with Gasteiger partial charge in [-0.2, -0.15) is 0 Å². The normalized spacial score (nSPS) is 11.3. The summed E-state index contributed by atoms with van der Waals surface area (Å²) in [6.07, 6.45) is -0.351. The van der Waals surface area contributed by atoms with Crippen molar-refractivity contribution in [2.45, 2.75) is 26.0 Å². The molecule has 2 rings (SSSR count). The monoisotopic (exact) mass is 357 g/mol. The average Bonchev–Trinajstić information content (AvgIpc) is 2.67. The smallest absolute Gasteiger partial charge is 0.407 e. The molecule has 0 radical (unpaired) electrons. The van der Waals surface area contributed by atoms with Crippen LogP contribution in [0.15, 0.2) is 54.6 Å². The molecule has 2 aromatic carbocycles. The maximum atomic E-state index is 11.9. The van der Waals surface area contributed by atoms with E-state index in [0.717, 1.165) is 16.9 Å². The van der Waals surface area contributed by atoms with Crippen LogP contribution in [0.1, 0.15) is 18.1 Å². The minimum absolute atomic E-state index is 0.229. The molecular formula is C20H23NO5. The maximum Gasteiger partial charge on any atom is 0.407 e. The van der Waals surface area contributed by atoms with E-state index in [1.807, 2.05) is 54.6 Å². The molecule has 0 unspecified atom stereocenters. The van der Waals surface area contributed by atoms with Gasteiger partial charge in [0, 0.05) is 6.42 Å². The summed E-state index contributed by atoms with van der Waals surface area (Å²) in [5.41, 5.74) is 1.95. The number of nitrogens with one attached hydrogen (secondary N) is 1. The molecule has 0 aliphatic rings. The van der Waals surface area contributed by atoms with Crippen LogP contribution in [0.2, 0.25) is 0 Å². The summed E-state index contributed by atoms with van der Waals surface area (Å²) in [5.74, 6) is 0.202. The Hall–Kier alpha value is -3.02. The summed E-state index contributed by atoms with van der Waals surface area (Å²) in [6, 6.07) is 16.4. The lowest BCUT2D eigenvalue weighted by molar-refractivity contribution is -0.142. The Morgan fingerprint density at radius 1 is 1.00 bits per heavy atom. The predicted molar refractivity (Wildman–Crippen MR) is 96.9 cm³/mol. The summed E-state index contributed by atoms with van der Waals surface area (Å²) in [6.45, 7) is 2.41. The molecule has 138 valence electrons. The van der Waals surface area contributed by atoms with Gasteiger partial charge in [0.25, 0.3) is 0 Å². The first-order valence-electron chi connectivity index (χ1n) is 8.39. The van der Waals surface area contributed by atoms with Crippen LogP contribution in [0.25, 0.3) is 0 Å². The molecule has 26 heavy (non-hydrogen) atoms. The van der Waals surface area contributed by atoms with Gasteiger partial charge in [0.2, 0.25) is 0 Å². The van der Waals surface area contributed by atoms with Gasteiger partial charge in [0.15, 0.2) is 0 Å².